The lowest BCUT2D eigenvalue weighted by Gasteiger charge is -2.24. The van der Waals surface area contributed by atoms with E-state index in [1.165, 1.54) is 5.56 Å². The standard InChI is InChI=1S/C19H21N3O3S/c1-21(16-7-9-26(24,25)13-16)19(23)15-10-17(12-20-11-15)22-8-6-14-4-2-3-5-18(14)22/h2-5,10-12,16H,6-9,13H2,1H3. The van der Waals surface area contributed by atoms with Crippen LogP contribution in [0.5, 0.6) is 0 Å². The molecule has 136 valence electrons. The maximum atomic E-state index is 12.8. The number of nitrogens with zero attached hydrogens (tertiary/aromatic N) is 3. The summed E-state index contributed by atoms with van der Waals surface area (Å²) in [6.45, 7) is 0.857. The molecule has 2 aliphatic rings. The van der Waals surface area contributed by atoms with Crippen molar-refractivity contribution in [2.24, 2.45) is 0 Å². The fraction of sp³-hybridized carbons (Fsp3) is 0.368. The van der Waals surface area contributed by atoms with E-state index in [2.05, 4.69) is 22.0 Å². The van der Waals surface area contributed by atoms with E-state index in [9.17, 15) is 13.2 Å². The summed E-state index contributed by atoms with van der Waals surface area (Å²) in [7, 11) is -1.36. The molecular formula is C19H21N3O3S. The predicted molar refractivity (Wildman–Crippen MR) is 101 cm³/mol. The molecule has 1 aromatic heterocycles. The first kappa shape index (κ1) is 17.0. The SMILES string of the molecule is CN(C(=O)c1cncc(N2CCc3ccccc32)c1)C1CCS(=O)(=O)C1. The van der Waals surface area contributed by atoms with Gasteiger partial charge in [-0.05, 0) is 30.5 Å². The third-order valence-electron chi connectivity index (χ3n) is 5.25. The minimum Gasteiger partial charge on any atom is -0.340 e. The van der Waals surface area contributed by atoms with E-state index in [1.54, 1.807) is 24.3 Å². The highest BCUT2D eigenvalue weighted by Gasteiger charge is 2.33. The van der Waals surface area contributed by atoms with Crippen LogP contribution in [0.4, 0.5) is 11.4 Å². The molecule has 3 heterocycles. The van der Waals surface area contributed by atoms with Crippen molar-refractivity contribution in [2.75, 3.05) is 30.0 Å². The quantitative estimate of drug-likeness (QED) is 0.826. The zero-order valence-electron chi connectivity index (χ0n) is 14.6. The first-order valence-corrected chi connectivity index (χ1v) is 10.5. The second kappa shape index (κ2) is 6.39. The average molecular weight is 371 g/mol. The number of pyridine rings is 1. The van der Waals surface area contributed by atoms with E-state index in [0.29, 0.717) is 12.0 Å². The smallest absolute Gasteiger partial charge is 0.255 e. The molecule has 4 rings (SSSR count). The number of benzene rings is 1. The van der Waals surface area contributed by atoms with Crippen molar-refractivity contribution in [3.63, 3.8) is 0 Å². The Morgan fingerprint density at radius 2 is 2.08 bits per heavy atom. The molecule has 1 amide bonds. The van der Waals surface area contributed by atoms with E-state index in [0.717, 1.165) is 24.3 Å². The van der Waals surface area contributed by atoms with Gasteiger partial charge >= 0.3 is 0 Å². The normalized spacial score (nSPS) is 20.8. The Kier molecular flexibility index (Phi) is 4.19. The third kappa shape index (κ3) is 3.07. The van der Waals surface area contributed by atoms with Crippen molar-refractivity contribution in [3.8, 4) is 0 Å². The maximum absolute atomic E-state index is 12.8. The lowest BCUT2D eigenvalue weighted by molar-refractivity contribution is 0.0747. The fourth-order valence-corrected chi connectivity index (χ4v) is 5.52. The molecule has 7 heteroatoms. The monoisotopic (exact) mass is 371 g/mol. The molecule has 1 fully saturated rings. The molecule has 26 heavy (non-hydrogen) atoms. The average Bonchev–Trinajstić information content (AvgIpc) is 3.23. The molecule has 6 nitrogen and oxygen atoms in total. The number of hydrogen-bond donors (Lipinski definition) is 0. The molecule has 0 spiro atoms. The third-order valence-corrected chi connectivity index (χ3v) is 7.00. The molecule has 1 saturated heterocycles. The zero-order chi connectivity index (χ0) is 18.3. The van der Waals surface area contributed by atoms with E-state index >= 15 is 0 Å². The van der Waals surface area contributed by atoms with E-state index in [4.69, 9.17) is 0 Å². The van der Waals surface area contributed by atoms with E-state index in [-0.39, 0.29) is 23.5 Å². The van der Waals surface area contributed by atoms with Gasteiger partial charge in [0.05, 0.1) is 29.0 Å². The van der Waals surface area contributed by atoms with Gasteiger partial charge in [-0.25, -0.2) is 8.42 Å². The first-order chi connectivity index (χ1) is 12.4. The Balaban J connectivity index is 1.58. The number of sulfone groups is 1. The van der Waals surface area contributed by atoms with E-state index < -0.39 is 9.84 Å². The van der Waals surface area contributed by atoms with Gasteiger partial charge in [-0.15, -0.1) is 0 Å². The summed E-state index contributed by atoms with van der Waals surface area (Å²) >= 11 is 0. The first-order valence-electron chi connectivity index (χ1n) is 8.73. The highest BCUT2D eigenvalue weighted by molar-refractivity contribution is 7.91. The van der Waals surface area contributed by atoms with Gasteiger partial charge in [-0.1, -0.05) is 18.2 Å². The van der Waals surface area contributed by atoms with Gasteiger partial charge in [0, 0.05) is 31.5 Å². The molecule has 1 atom stereocenters. The summed E-state index contributed by atoms with van der Waals surface area (Å²) in [5.41, 5.74) is 3.80. The Morgan fingerprint density at radius 1 is 1.27 bits per heavy atom. The Morgan fingerprint density at radius 3 is 2.85 bits per heavy atom. The van der Waals surface area contributed by atoms with Crippen molar-refractivity contribution in [1.82, 2.24) is 9.88 Å². The van der Waals surface area contributed by atoms with Crippen LogP contribution in [0.15, 0.2) is 42.7 Å². The molecule has 0 aliphatic carbocycles. The predicted octanol–water partition coefficient (Wildman–Crippen LogP) is 2.03. The van der Waals surface area contributed by atoms with Crippen LogP contribution in [0.2, 0.25) is 0 Å². The summed E-state index contributed by atoms with van der Waals surface area (Å²) in [5, 5.41) is 0. The van der Waals surface area contributed by atoms with Crippen LogP contribution in [0.25, 0.3) is 0 Å². The summed E-state index contributed by atoms with van der Waals surface area (Å²) in [5.74, 6) is 0.00827. The Bertz CT molecular complexity index is 958. The number of aromatic nitrogens is 1. The minimum atomic E-state index is -3.03. The second-order valence-corrected chi connectivity index (χ2v) is 9.16. The molecule has 2 aromatic rings. The van der Waals surface area contributed by atoms with Crippen LogP contribution < -0.4 is 4.90 Å². The number of amides is 1. The van der Waals surface area contributed by atoms with Crippen LogP contribution in [0.1, 0.15) is 22.3 Å². The van der Waals surface area contributed by atoms with Gasteiger partial charge in [-0.2, -0.15) is 0 Å². The highest BCUT2D eigenvalue weighted by Crippen LogP contribution is 2.34. The van der Waals surface area contributed by atoms with Crippen LogP contribution in [0, 0.1) is 0 Å². The van der Waals surface area contributed by atoms with Crippen LogP contribution in [-0.4, -0.2) is 55.3 Å². The molecule has 0 saturated carbocycles. The van der Waals surface area contributed by atoms with Gasteiger partial charge in [0.15, 0.2) is 9.84 Å². The molecule has 1 unspecified atom stereocenters. The number of anilines is 2. The molecule has 0 bridgehead atoms. The van der Waals surface area contributed by atoms with Crippen LogP contribution >= 0.6 is 0 Å². The minimum absolute atomic E-state index is 0.0435. The molecule has 0 N–H and O–H groups in total. The summed E-state index contributed by atoms with van der Waals surface area (Å²) in [6.07, 6.45) is 4.78. The Hall–Kier alpha value is -2.41. The van der Waals surface area contributed by atoms with Gasteiger partial charge in [0.25, 0.3) is 5.91 Å². The number of fused-ring (bicyclic) bond motifs is 1. The molecule has 2 aliphatic heterocycles. The van der Waals surface area contributed by atoms with Gasteiger partial charge in [-0.3, -0.25) is 9.78 Å². The zero-order valence-corrected chi connectivity index (χ0v) is 15.4. The van der Waals surface area contributed by atoms with Crippen molar-refractivity contribution in [1.29, 1.82) is 0 Å². The number of para-hydroxylation sites is 1. The Labute approximate surface area is 153 Å². The summed E-state index contributed by atoms with van der Waals surface area (Å²) < 4.78 is 23.4. The fourth-order valence-electron chi connectivity index (χ4n) is 3.75. The van der Waals surface area contributed by atoms with Crippen molar-refractivity contribution in [2.45, 2.75) is 18.9 Å². The van der Waals surface area contributed by atoms with Gasteiger partial charge in [0.2, 0.25) is 0 Å². The molecule has 1 aromatic carbocycles. The van der Waals surface area contributed by atoms with Gasteiger partial charge in [0.1, 0.15) is 0 Å². The topological polar surface area (TPSA) is 70.6 Å². The lowest BCUT2D eigenvalue weighted by Crippen LogP contribution is -2.37. The summed E-state index contributed by atoms with van der Waals surface area (Å²) in [6, 6.07) is 9.82. The summed E-state index contributed by atoms with van der Waals surface area (Å²) in [4.78, 5) is 20.8. The van der Waals surface area contributed by atoms with Crippen molar-refractivity contribution >= 4 is 27.1 Å². The lowest BCUT2D eigenvalue weighted by atomic mass is 10.1. The van der Waals surface area contributed by atoms with Gasteiger partial charge < -0.3 is 9.80 Å². The number of rotatable bonds is 3. The van der Waals surface area contributed by atoms with Crippen LogP contribution in [0.3, 0.4) is 0 Å². The van der Waals surface area contributed by atoms with E-state index in [1.807, 2.05) is 18.2 Å². The largest absolute Gasteiger partial charge is 0.340 e. The molecular weight excluding hydrogens is 350 g/mol. The van der Waals surface area contributed by atoms with Crippen LogP contribution in [-0.2, 0) is 16.3 Å². The maximum Gasteiger partial charge on any atom is 0.255 e. The highest BCUT2D eigenvalue weighted by atomic mass is 32.2. The van der Waals surface area contributed by atoms with Crippen molar-refractivity contribution < 1.29 is 13.2 Å². The molecule has 0 radical (unpaired) electrons. The number of carbonyl (C=O) groups excluding carboxylic acids is 1. The number of carbonyl (C=O) groups is 1. The second-order valence-electron chi connectivity index (χ2n) is 6.94. The van der Waals surface area contributed by atoms with Crippen molar-refractivity contribution in [3.05, 3.63) is 53.9 Å². The number of hydrogen-bond acceptors (Lipinski definition) is 5.